The van der Waals surface area contributed by atoms with E-state index >= 15 is 0 Å². The van der Waals surface area contributed by atoms with E-state index in [-0.39, 0.29) is 36.1 Å². The van der Waals surface area contributed by atoms with Crippen molar-refractivity contribution >= 4 is 15.7 Å². The van der Waals surface area contributed by atoms with E-state index < -0.39 is 9.84 Å². The minimum Gasteiger partial charge on any atom is -0.376 e. The van der Waals surface area contributed by atoms with E-state index in [0.29, 0.717) is 19.5 Å². The van der Waals surface area contributed by atoms with E-state index in [2.05, 4.69) is 0 Å². The average molecular weight is 381 g/mol. The van der Waals surface area contributed by atoms with Gasteiger partial charge in [0.2, 0.25) is 5.91 Å². The van der Waals surface area contributed by atoms with Crippen LogP contribution in [0.25, 0.3) is 0 Å². The molecule has 0 bridgehead atoms. The highest BCUT2D eigenvalue weighted by atomic mass is 32.2. The van der Waals surface area contributed by atoms with Crippen molar-refractivity contribution in [2.75, 3.05) is 38.2 Å². The summed E-state index contributed by atoms with van der Waals surface area (Å²) in [5, 5.41) is 0. The number of ether oxygens (including phenoxy) is 1. The van der Waals surface area contributed by atoms with Gasteiger partial charge in [-0.15, -0.1) is 0 Å². The molecule has 0 N–H and O–H groups in total. The van der Waals surface area contributed by atoms with E-state index in [0.717, 1.165) is 25.0 Å². The number of rotatable bonds is 7. The molecule has 1 aromatic carbocycles. The van der Waals surface area contributed by atoms with Gasteiger partial charge in [0.05, 0.1) is 24.2 Å². The molecule has 2 fully saturated rings. The highest BCUT2D eigenvalue weighted by Crippen LogP contribution is 2.21. The fourth-order valence-corrected chi connectivity index (χ4v) is 5.49. The molecule has 0 saturated carbocycles. The Morgan fingerprint density at radius 2 is 2.00 bits per heavy atom. The molecule has 2 unspecified atom stereocenters. The SMILES string of the molecule is CN(CC(=O)N(CC1CCCO1)C1CCS(=O)(=O)C1)Cc1ccccc1. The van der Waals surface area contributed by atoms with Crippen LogP contribution in [0.5, 0.6) is 0 Å². The van der Waals surface area contributed by atoms with Crippen LogP contribution in [0.4, 0.5) is 0 Å². The number of amides is 1. The van der Waals surface area contributed by atoms with Gasteiger partial charge in [-0.2, -0.15) is 0 Å². The van der Waals surface area contributed by atoms with E-state index in [1.165, 1.54) is 0 Å². The second-order valence-electron chi connectivity index (χ2n) is 7.40. The number of hydrogen-bond acceptors (Lipinski definition) is 5. The molecular weight excluding hydrogens is 352 g/mol. The van der Waals surface area contributed by atoms with Crippen LogP contribution < -0.4 is 0 Å². The third kappa shape index (κ3) is 5.28. The Labute approximate surface area is 156 Å². The first-order chi connectivity index (χ1) is 12.4. The summed E-state index contributed by atoms with van der Waals surface area (Å²) in [4.78, 5) is 16.7. The Morgan fingerprint density at radius 3 is 2.62 bits per heavy atom. The highest BCUT2D eigenvalue weighted by molar-refractivity contribution is 7.91. The molecule has 0 aromatic heterocycles. The van der Waals surface area contributed by atoms with Crippen LogP contribution in [0.1, 0.15) is 24.8 Å². The van der Waals surface area contributed by atoms with Gasteiger partial charge in [-0.3, -0.25) is 9.69 Å². The van der Waals surface area contributed by atoms with Crippen molar-refractivity contribution in [1.29, 1.82) is 0 Å². The van der Waals surface area contributed by atoms with Crippen molar-refractivity contribution in [1.82, 2.24) is 9.80 Å². The molecule has 26 heavy (non-hydrogen) atoms. The van der Waals surface area contributed by atoms with E-state index in [1.54, 1.807) is 4.90 Å². The first-order valence-corrected chi connectivity index (χ1v) is 11.1. The van der Waals surface area contributed by atoms with Crippen molar-refractivity contribution in [2.24, 2.45) is 0 Å². The summed E-state index contributed by atoms with van der Waals surface area (Å²) >= 11 is 0. The number of hydrogen-bond donors (Lipinski definition) is 0. The van der Waals surface area contributed by atoms with Crippen LogP contribution in [-0.2, 0) is 25.9 Å². The van der Waals surface area contributed by atoms with Gasteiger partial charge in [0.15, 0.2) is 9.84 Å². The van der Waals surface area contributed by atoms with Crippen molar-refractivity contribution in [2.45, 2.75) is 38.0 Å². The summed E-state index contributed by atoms with van der Waals surface area (Å²) in [6, 6.07) is 9.79. The van der Waals surface area contributed by atoms with Crippen LogP contribution in [-0.4, -0.2) is 74.5 Å². The minimum absolute atomic E-state index is 0.0129. The Kier molecular flexibility index (Phi) is 6.32. The van der Waals surface area contributed by atoms with E-state index in [9.17, 15) is 13.2 Å². The van der Waals surface area contributed by atoms with Crippen LogP contribution in [0.3, 0.4) is 0 Å². The predicted octanol–water partition coefficient (Wildman–Crippen LogP) is 1.31. The zero-order valence-corrected chi connectivity index (χ0v) is 16.2. The molecule has 2 saturated heterocycles. The smallest absolute Gasteiger partial charge is 0.237 e. The first kappa shape index (κ1) is 19.3. The maximum atomic E-state index is 13.0. The lowest BCUT2D eigenvalue weighted by atomic mass is 10.1. The van der Waals surface area contributed by atoms with Gasteiger partial charge in [-0.05, 0) is 31.9 Å². The van der Waals surface area contributed by atoms with Gasteiger partial charge in [0.25, 0.3) is 0 Å². The fraction of sp³-hybridized carbons (Fsp3) is 0.632. The fourth-order valence-electron chi connectivity index (χ4n) is 3.76. The third-order valence-corrected chi connectivity index (χ3v) is 6.84. The normalized spacial score (nSPS) is 24.8. The monoisotopic (exact) mass is 380 g/mol. The van der Waals surface area contributed by atoms with Gasteiger partial charge in [-0.25, -0.2) is 8.42 Å². The number of nitrogens with zero attached hydrogens (tertiary/aromatic N) is 2. The number of likely N-dealkylation sites (N-methyl/N-ethyl adjacent to an activating group) is 1. The molecular formula is C19H28N2O4S. The van der Waals surface area contributed by atoms with Gasteiger partial charge in [0, 0.05) is 25.7 Å². The lowest BCUT2D eigenvalue weighted by Crippen LogP contribution is -2.48. The zero-order chi connectivity index (χ0) is 18.6. The van der Waals surface area contributed by atoms with Crippen LogP contribution in [0.15, 0.2) is 30.3 Å². The third-order valence-electron chi connectivity index (χ3n) is 5.09. The van der Waals surface area contributed by atoms with Crippen LogP contribution in [0.2, 0.25) is 0 Å². The van der Waals surface area contributed by atoms with Crippen molar-refractivity contribution in [3.8, 4) is 0 Å². The molecule has 1 amide bonds. The maximum Gasteiger partial charge on any atom is 0.237 e. The quantitative estimate of drug-likeness (QED) is 0.714. The first-order valence-electron chi connectivity index (χ1n) is 9.27. The molecule has 2 aliphatic heterocycles. The number of sulfone groups is 1. The van der Waals surface area contributed by atoms with E-state index in [1.807, 2.05) is 42.3 Å². The summed E-state index contributed by atoms with van der Waals surface area (Å²) in [6.07, 6.45) is 2.50. The molecule has 2 atom stereocenters. The van der Waals surface area contributed by atoms with Crippen LogP contribution in [0, 0.1) is 0 Å². The molecule has 144 valence electrons. The predicted molar refractivity (Wildman–Crippen MR) is 101 cm³/mol. The lowest BCUT2D eigenvalue weighted by molar-refractivity contribution is -0.135. The Balaban J connectivity index is 1.63. The molecule has 3 rings (SSSR count). The minimum atomic E-state index is -3.03. The summed E-state index contributed by atoms with van der Waals surface area (Å²) in [6.45, 7) is 2.18. The van der Waals surface area contributed by atoms with Gasteiger partial charge in [-0.1, -0.05) is 30.3 Å². The number of benzene rings is 1. The summed E-state index contributed by atoms with van der Waals surface area (Å²) in [5.74, 6) is 0.238. The molecule has 0 aliphatic carbocycles. The largest absolute Gasteiger partial charge is 0.376 e. The molecule has 0 radical (unpaired) electrons. The second-order valence-corrected chi connectivity index (χ2v) is 9.62. The molecule has 7 heteroatoms. The Bertz CT molecular complexity index is 702. The van der Waals surface area contributed by atoms with Crippen molar-refractivity contribution in [3.05, 3.63) is 35.9 Å². The Morgan fingerprint density at radius 1 is 1.23 bits per heavy atom. The van der Waals surface area contributed by atoms with Crippen molar-refractivity contribution < 1.29 is 17.9 Å². The molecule has 1 aromatic rings. The Hall–Kier alpha value is -1.44. The number of carbonyl (C=O) groups is 1. The van der Waals surface area contributed by atoms with E-state index in [4.69, 9.17) is 4.74 Å². The molecule has 2 heterocycles. The van der Waals surface area contributed by atoms with Crippen molar-refractivity contribution in [3.63, 3.8) is 0 Å². The molecule has 0 spiro atoms. The van der Waals surface area contributed by atoms with Gasteiger partial charge >= 0.3 is 0 Å². The summed E-state index contributed by atoms with van der Waals surface area (Å²) < 4.78 is 29.5. The maximum absolute atomic E-state index is 13.0. The van der Waals surface area contributed by atoms with Crippen LogP contribution >= 0.6 is 0 Å². The zero-order valence-electron chi connectivity index (χ0n) is 15.3. The summed E-state index contributed by atoms with van der Waals surface area (Å²) in [7, 11) is -1.12. The average Bonchev–Trinajstić information content (AvgIpc) is 3.22. The molecule has 2 aliphatic rings. The summed E-state index contributed by atoms with van der Waals surface area (Å²) in [5.41, 5.74) is 1.15. The topological polar surface area (TPSA) is 66.9 Å². The second kappa shape index (κ2) is 8.50. The van der Waals surface area contributed by atoms with Gasteiger partial charge in [0.1, 0.15) is 0 Å². The molecule has 6 nitrogen and oxygen atoms in total. The standard InChI is InChI=1S/C19H28N2O4S/c1-20(12-16-6-3-2-4-7-16)14-19(22)21(13-18-8-5-10-25-18)17-9-11-26(23,24)15-17/h2-4,6-7,17-18H,5,8-15H2,1H3. The lowest BCUT2D eigenvalue weighted by Gasteiger charge is -2.32. The number of carbonyl (C=O) groups excluding carboxylic acids is 1. The van der Waals surface area contributed by atoms with Gasteiger partial charge < -0.3 is 9.64 Å². The highest BCUT2D eigenvalue weighted by Gasteiger charge is 2.36.